The molecule has 100 valence electrons. The summed E-state index contributed by atoms with van der Waals surface area (Å²) in [5.41, 5.74) is 2.89. The molecule has 0 spiro atoms. The van der Waals surface area contributed by atoms with Crippen LogP contribution >= 0.6 is 11.8 Å². The second kappa shape index (κ2) is 7.70. The lowest BCUT2D eigenvalue weighted by molar-refractivity contribution is 0.677. The first-order valence-corrected chi connectivity index (χ1v) is 8.33. The van der Waals surface area contributed by atoms with Gasteiger partial charge in [-0.1, -0.05) is 18.2 Å². The van der Waals surface area contributed by atoms with Crippen molar-refractivity contribution < 1.29 is 0 Å². The number of nitrogens with one attached hydrogen (secondary N) is 1. The van der Waals surface area contributed by atoms with Gasteiger partial charge in [-0.3, -0.25) is 0 Å². The van der Waals surface area contributed by atoms with Crippen LogP contribution in [0.2, 0.25) is 0 Å². The standard InChI is InChI=1S/C15H24N2S/c1-18-12-6-9-16-13-14-7-2-3-8-15(14)17-10-4-5-11-17/h2-3,7-8,16H,4-6,9-13H2,1H3. The van der Waals surface area contributed by atoms with Gasteiger partial charge in [0.05, 0.1) is 0 Å². The molecule has 0 radical (unpaired) electrons. The van der Waals surface area contributed by atoms with Crippen LogP contribution < -0.4 is 10.2 Å². The number of nitrogens with zero attached hydrogens (tertiary/aromatic N) is 1. The van der Waals surface area contributed by atoms with Crippen molar-refractivity contribution in [3.8, 4) is 0 Å². The molecule has 1 fully saturated rings. The van der Waals surface area contributed by atoms with Crippen molar-refractivity contribution >= 4 is 17.4 Å². The van der Waals surface area contributed by atoms with Gasteiger partial charge in [0.1, 0.15) is 0 Å². The summed E-state index contributed by atoms with van der Waals surface area (Å²) in [6.07, 6.45) is 6.11. The monoisotopic (exact) mass is 264 g/mol. The summed E-state index contributed by atoms with van der Waals surface area (Å²) < 4.78 is 0. The largest absolute Gasteiger partial charge is 0.371 e. The topological polar surface area (TPSA) is 15.3 Å². The molecule has 18 heavy (non-hydrogen) atoms. The zero-order valence-corrected chi connectivity index (χ0v) is 12.1. The highest BCUT2D eigenvalue weighted by molar-refractivity contribution is 7.98. The number of anilines is 1. The quantitative estimate of drug-likeness (QED) is 0.762. The lowest BCUT2D eigenvalue weighted by Crippen LogP contribution is -2.22. The predicted octanol–water partition coefficient (Wildman–Crippen LogP) is 3.13. The van der Waals surface area contributed by atoms with E-state index in [0.29, 0.717) is 0 Å². The molecule has 0 unspecified atom stereocenters. The zero-order chi connectivity index (χ0) is 12.6. The predicted molar refractivity (Wildman–Crippen MR) is 82.6 cm³/mol. The highest BCUT2D eigenvalue weighted by Crippen LogP contribution is 2.24. The molecule has 0 amide bonds. The van der Waals surface area contributed by atoms with Crippen LogP contribution in [0.3, 0.4) is 0 Å². The number of para-hydroxylation sites is 1. The molecule has 1 N–H and O–H groups in total. The van der Waals surface area contributed by atoms with Gasteiger partial charge in [0, 0.05) is 25.3 Å². The summed E-state index contributed by atoms with van der Waals surface area (Å²) in [4.78, 5) is 2.53. The molecule has 1 saturated heterocycles. The van der Waals surface area contributed by atoms with Gasteiger partial charge < -0.3 is 10.2 Å². The van der Waals surface area contributed by atoms with Gasteiger partial charge in [0.25, 0.3) is 0 Å². The van der Waals surface area contributed by atoms with Gasteiger partial charge in [0.2, 0.25) is 0 Å². The Morgan fingerprint density at radius 2 is 2.00 bits per heavy atom. The first-order chi connectivity index (χ1) is 8.92. The molecule has 1 aliphatic rings. The maximum absolute atomic E-state index is 3.56. The first kappa shape index (κ1) is 13.8. The minimum atomic E-state index is 1.00. The summed E-state index contributed by atoms with van der Waals surface area (Å²) in [7, 11) is 0. The Morgan fingerprint density at radius 1 is 1.22 bits per heavy atom. The normalized spacial score (nSPS) is 15.3. The van der Waals surface area contributed by atoms with Crippen molar-refractivity contribution in [2.75, 3.05) is 36.5 Å². The van der Waals surface area contributed by atoms with E-state index in [-0.39, 0.29) is 0 Å². The van der Waals surface area contributed by atoms with Crippen molar-refractivity contribution in [2.24, 2.45) is 0 Å². The van der Waals surface area contributed by atoms with Crippen LogP contribution in [0.4, 0.5) is 5.69 Å². The van der Waals surface area contributed by atoms with Crippen molar-refractivity contribution in [3.63, 3.8) is 0 Å². The Kier molecular flexibility index (Phi) is 5.88. The van der Waals surface area contributed by atoms with Gasteiger partial charge in [-0.2, -0.15) is 11.8 Å². The van der Waals surface area contributed by atoms with Crippen LogP contribution in [0.15, 0.2) is 24.3 Å². The van der Waals surface area contributed by atoms with Crippen LogP contribution in [0, 0.1) is 0 Å². The van der Waals surface area contributed by atoms with Gasteiger partial charge in [-0.05, 0) is 49.4 Å². The van der Waals surface area contributed by atoms with Crippen LogP contribution in [-0.4, -0.2) is 31.6 Å². The molecule has 0 bridgehead atoms. The maximum atomic E-state index is 3.56. The number of hydrogen-bond acceptors (Lipinski definition) is 3. The minimum Gasteiger partial charge on any atom is -0.371 e. The van der Waals surface area contributed by atoms with Gasteiger partial charge in [-0.15, -0.1) is 0 Å². The van der Waals surface area contributed by atoms with E-state index >= 15 is 0 Å². The highest BCUT2D eigenvalue weighted by atomic mass is 32.2. The van der Waals surface area contributed by atoms with Gasteiger partial charge in [-0.25, -0.2) is 0 Å². The summed E-state index contributed by atoms with van der Waals surface area (Å²) in [6.45, 7) is 4.57. The Morgan fingerprint density at radius 3 is 2.78 bits per heavy atom. The average Bonchev–Trinajstić information content (AvgIpc) is 2.93. The molecule has 0 atom stereocenters. The van der Waals surface area contributed by atoms with Crippen molar-refractivity contribution in [1.29, 1.82) is 0 Å². The summed E-state index contributed by atoms with van der Waals surface area (Å²) in [6, 6.07) is 8.84. The summed E-state index contributed by atoms with van der Waals surface area (Å²) >= 11 is 1.92. The third-order valence-corrected chi connectivity index (χ3v) is 4.15. The number of thioether (sulfide) groups is 1. The highest BCUT2D eigenvalue weighted by Gasteiger charge is 2.14. The molecule has 0 aromatic heterocycles. The SMILES string of the molecule is CSCCCNCc1ccccc1N1CCCC1. The lowest BCUT2D eigenvalue weighted by Gasteiger charge is -2.21. The molecule has 3 heteroatoms. The average molecular weight is 264 g/mol. The lowest BCUT2D eigenvalue weighted by atomic mass is 10.1. The Bertz CT molecular complexity index is 348. The fourth-order valence-corrected chi connectivity index (χ4v) is 2.92. The number of rotatable bonds is 7. The van der Waals surface area contributed by atoms with E-state index in [0.717, 1.165) is 13.1 Å². The second-order valence-corrected chi connectivity index (χ2v) is 5.83. The molecule has 0 saturated carbocycles. The molecule has 1 aliphatic heterocycles. The van der Waals surface area contributed by atoms with E-state index in [1.54, 1.807) is 0 Å². The zero-order valence-electron chi connectivity index (χ0n) is 11.3. The van der Waals surface area contributed by atoms with E-state index < -0.39 is 0 Å². The van der Waals surface area contributed by atoms with Crippen LogP contribution in [-0.2, 0) is 6.54 Å². The van der Waals surface area contributed by atoms with E-state index in [2.05, 4.69) is 40.7 Å². The van der Waals surface area contributed by atoms with Crippen molar-refractivity contribution in [1.82, 2.24) is 5.32 Å². The third kappa shape index (κ3) is 3.92. The van der Waals surface area contributed by atoms with E-state index in [4.69, 9.17) is 0 Å². The van der Waals surface area contributed by atoms with E-state index in [1.807, 2.05) is 11.8 Å². The van der Waals surface area contributed by atoms with Crippen LogP contribution in [0.1, 0.15) is 24.8 Å². The Balaban J connectivity index is 1.86. The second-order valence-electron chi connectivity index (χ2n) is 4.85. The molecular weight excluding hydrogens is 240 g/mol. The van der Waals surface area contributed by atoms with Gasteiger partial charge in [0.15, 0.2) is 0 Å². The molecule has 1 aromatic carbocycles. The van der Waals surface area contributed by atoms with Crippen LogP contribution in [0.5, 0.6) is 0 Å². The van der Waals surface area contributed by atoms with E-state index in [1.165, 1.54) is 49.4 Å². The molecule has 1 heterocycles. The Labute approximate surface area is 115 Å². The molecule has 1 aromatic rings. The minimum absolute atomic E-state index is 1.00. The Hall–Kier alpha value is -0.670. The summed E-state index contributed by atoms with van der Waals surface area (Å²) in [5.74, 6) is 1.25. The summed E-state index contributed by atoms with van der Waals surface area (Å²) in [5, 5.41) is 3.56. The molecule has 2 rings (SSSR count). The van der Waals surface area contributed by atoms with Crippen molar-refractivity contribution in [3.05, 3.63) is 29.8 Å². The number of hydrogen-bond donors (Lipinski definition) is 1. The van der Waals surface area contributed by atoms with Crippen molar-refractivity contribution in [2.45, 2.75) is 25.8 Å². The first-order valence-electron chi connectivity index (χ1n) is 6.94. The fraction of sp³-hybridized carbons (Fsp3) is 0.600. The van der Waals surface area contributed by atoms with Gasteiger partial charge >= 0.3 is 0 Å². The molecule has 2 nitrogen and oxygen atoms in total. The molecular formula is C15H24N2S. The van der Waals surface area contributed by atoms with Crippen LogP contribution in [0.25, 0.3) is 0 Å². The third-order valence-electron chi connectivity index (χ3n) is 3.46. The number of benzene rings is 1. The maximum Gasteiger partial charge on any atom is 0.0411 e. The fourth-order valence-electron chi connectivity index (χ4n) is 2.49. The smallest absolute Gasteiger partial charge is 0.0411 e. The van der Waals surface area contributed by atoms with E-state index in [9.17, 15) is 0 Å². The molecule has 0 aliphatic carbocycles.